The largest absolute Gasteiger partial charge is 0.385 e. The number of fused-ring (bicyclic) bond motifs is 1. The molecule has 1 fully saturated rings. The first-order valence-corrected chi connectivity index (χ1v) is 13.6. The highest BCUT2D eigenvalue weighted by Crippen LogP contribution is 2.39. The molecule has 0 saturated heterocycles. The minimum Gasteiger partial charge on any atom is -0.385 e. The molecule has 2 heterocycles. The highest BCUT2D eigenvalue weighted by Gasteiger charge is 2.33. The van der Waals surface area contributed by atoms with E-state index in [1.807, 2.05) is 11.6 Å². The topological polar surface area (TPSA) is 102 Å². The molecule has 0 atom stereocenters. The number of ether oxygens (including phenoxy) is 1. The number of thiazole rings is 1. The Balaban J connectivity index is 1.45. The number of nitrogens with one attached hydrogen (secondary N) is 1. The molecule has 0 amide bonds. The van der Waals surface area contributed by atoms with Gasteiger partial charge >= 0.3 is 0 Å². The predicted octanol–water partition coefficient (Wildman–Crippen LogP) is 3.29. The lowest BCUT2D eigenvalue weighted by Crippen LogP contribution is -2.39. The van der Waals surface area contributed by atoms with Gasteiger partial charge in [0.25, 0.3) is 0 Å². The Morgan fingerprint density at radius 3 is 2.70 bits per heavy atom. The van der Waals surface area contributed by atoms with Crippen molar-refractivity contribution in [1.29, 1.82) is 0 Å². The number of methoxy groups -OCH3 is 1. The number of sulfonamides is 1. The SMILES string of the molecule is COCCC1(CNS(=O)(=O)c2ccc3nc(N(C)CCn4cnnc4)sc3c2)CCCCC1. The Morgan fingerprint density at radius 2 is 1.97 bits per heavy atom. The maximum absolute atomic E-state index is 13.1. The highest BCUT2D eigenvalue weighted by molar-refractivity contribution is 7.89. The van der Waals surface area contributed by atoms with E-state index in [0.29, 0.717) is 13.2 Å². The zero-order valence-corrected chi connectivity index (χ0v) is 20.9. The molecular formula is C22H32N6O3S2. The molecule has 0 aliphatic heterocycles. The number of benzene rings is 1. The number of anilines is 1. The summed E-state index contributed by atoms with van der Waals surface area (Å²) in [6.45, 7) is 2.60. The summed E-state index contributed by atoms with van der Waals surface area (Å²) < 4.78 is 37.2. The van der Waals surface area contributed by atoms with Crippen molar-refractivity contribution < 1.29 is 13.2 Å². The molecule has 9 nitrogen and oxygen atoms in total. The van der Waals surface area contributed by atoms with E-state index >= 15 is 0 Å². The summed E-state index contributed by atoms with van der Waals surface area (Å²) in [5.74, 6) is 0. The van der Waals surface area contributed by atoms with Gasteiger partial charge in [-0.3, -0.25) is 0 Å². The van der Waals surface area contributed by atoms with Crippen LogP contribution in [0.5, 0.6) is 0 Å². The average molecular weight is 493 g/mol. The molecule has 0 unspecified atom stereocenters. The fraction of sp³-hybridized carbons (Fsp3) is 0.591. The van der Waals surface area contributed by atoms with Gasteiger partial charge in [-0.15, -0.1) is 10.2 Å². The summed E-state index contributed by atoms with van der Waals surface area (Å²) in [5.41, 5.74) is 0.783. The van der Waals surface area contributed by atoms with Gasteiger partial charge < -0.3 is 14.2 Å². The Labute approximate surface area is 199 Å². The number of rotatable bonds is 11. The monoisotopic (exact) mass is 492 g/mol. The van der Waals surface area contributed by atoms with Crippen molar-refractivity contribution in [1.82, 2.24) is 24.5 Å². The van der Waals surface area contributed by atoms with Gasteiger partial charge in [0.2, 0.25) is 10.0 Å². The molecule has 180 valence electrons. The third-order valence-electron chi connectivity index (χ3n) is 6.53. The molecule has 1 aliphatic carbocycles. The van der Waals surface area contributed by atoms with Crippen molar-refractivity contribution in [3.63, 3.8) is 0 Å². The summed E-state index contributed by atoms with van der Waals surface area (Å²) in [6, 6.07) is 5.17. The van der Waals surface area contributed by atoms with E-state index in [4.69, 9.17) is 4.74 Å². The van der Waals surface area contributed by atoms with E-state index < -0.39 is 10.0 Å². The van der Waals surface area contributed by atoms with Crippen molar-refractivity contribution in [3.8, 4) is 0 Å². The molecule has 3 aromatic rings. The van der Waals surface area contributed by atoms with E-state index in [1.165, 1.54) is 17.8 Å². The van der Waals surface area contributed by atoms with Crippen LogP contribution in [0.25, 0.3) is 10.2 Å². The lowest BCUT2D eigenvalue weighted by molar-refractivity contribution is 0.105. The quantitative estimate of drug-likeness (QED) is 0.438. The van der Waals surface area contributed by atoms with E-state index in [0.717, 1.165) is 60.5 Å². The summed E-state index contributed by atoms with van der Waals surface area (Å²) >= 11 is 1.49. The summed E-state index contributed by atoms with van der Waals surface area (Å²) in [6.07, 6.45) is 9.84. The van der Waals surface area contributed by atoms with Crippen molar-refractivity contribution in [2.75, 3.05) is 38.8 Å². The van der Waals surface area contributed by atoms with Gasteiger partial charge in [0.15, 0.2) is 5.13 Å². The van der Waals surface area contributed by atoms with Crippen molar-refractivity contribution in [3.05, 3.63) is 30.9 Å². The van der Waals surface area contributed by atoms with Crippen LogP contribution in [-0.4, -0.2) is 62.0 Å². The second kappa shape index (κ2) is 10.5. The number of nitrogens with zero attached hydrogens (tertiary/aromatic N) is 5. The van der Waals surface area contributed by atoms with Crippen LogP contribution in [0.3, 0.4) is 0 Å². The van der Waals surface area contributed by atoms with E-state index in [-0.39, 0.29) is 10.3 Å². The van der Waals surface area contributed by atoms with Gasteiger partial charge in [-0.25, -0.2) is 18.1 Å². The van der Waals surface area contributed by atoms with Crippen LogP contribution in [-0.2, 0) is 21.3 Å². The van der Waals surface area contributed by atoms with Gasteiger partial charge in [-0.1, -0.05) is 30.6 Å². The Hall–Kier alpha value is -2.08. The zero-order valence-electron chi connectivity index (χ0n) is 19.2. The minimum atomic E-state index is -3.61. The van der Waals surface area contributed by atoms with Crippen LogP contribution in [0.15, 0.2) is 35.7 Å². The van der Waals surface area contributed by atoms with Crippen molar-refractivity contribution in [2.45, 2.75) is 50.0 Å². The van der Waals surface area contributed by atoms with E-state index in [2.05, 4.69) is 24.8 Å². The molecule has 1 N–H and O–H groups in total. The van der Waals surface area contributed by atoms with Gasteiger partial charge in [-0.2, -0.15) is 0 Å². The van der Waals surface area contributed by atoms with Crippen LogP contribution in [0.2, 0.25) is 0 Å². The standard InChI is InChI=1S/C22H32N6O3S2/c1-27(11-12-28-16-23-24-17-28)21-26-19-7-6-18(14-20(19)32-21)33(29,30)25-15-22(10-13-31-2)8-4-3-5-9-22/h6-7,14,16-17,25H,3-5,8-13,15H2,1-2H3. The number of likely N-dealkylation sites (N-methyl/N-ethyl adjacent to an activating group) is 1. The molecule has 33 heavy (non-hydrogen) atoms. The summed E-state index contributed by atoms with van der Waals surface area (Å²) in [7, 11) is 0.0692. The molecule has 0 spiro atoms. The zero-order chi connectivity index (χ0) is 23.3. The number of hydrogen-bond acceptors (Lipinski definition) is 8. The molecule has 11 heteroatoms. The van der Waals surface area contributed by atoms with Crippen LogP contribution < -0.4 is 9.62 Å². The third kappa shape index (κ3) is 5.89. The molecular weight excluding hydrogens is 460 g/mol. The molecule has 4 rings (SSSR count). The summed E-state index contributed by atoms with van der Waals surface area (Å²) in [5, 5.41) is 8.48. The molecule has 1 aliphatic rings. The first-order chi connectivity index (χ1) is 15.9. The molecule has 1 saturated carbocycles. The fourth-order valence-corrected chi connectivity index (χ4v) is 6.64. The van der Waals surface area contributed by atoms with E-state index in [1.54, 1.807) is 38.0 Å². The maximum atomic E-state index is 13.1. The van der Waals surface area contributed by atoms with Crippen LogP contribution >= 0.6 is 11.3 Å². The van der Waals surface area contributed by atoms with Crippen LogP contribution in [0, 0.1) is 5.41 Å². The maximum Gasteiger partial charge on any atom is 0.240 e. The van der Waals surface area contributed by atoms with E-state index in [9.17, 15) is 8.42 Å². The van der Waals surface area contributed by atoms with Gasteiger partial charge in [0.1, 0.15) is 12.7 Å². The van der Waals surface area contributed by atoms with Crippen molar-refractivity contribution in [2.24, 2.45) is 5.41 Å². The lowest BCUT2D eigenvalue weighted by atomic mass is 9.72. The first kappa shape index (κ1) is 24.1. The third-order valence-corrected chi connectivity index (χ3v) is 9.06. The second-order valence-corrected chi connectivity index (χ2v) is 11.7. The Kier molecular flexibility index (Phi) is 7.62. The number of aromatic nitrogens is 4. The normalized spacial score (nSPS) is 16.3. The smallest absolute Gasteiger partial charge is 0.240 e. The summed E-state index contributed by atoms with van der Waals surface area (Å²) in [4.78, 5) is 7.02. The van der Waals surface area contributed by atoms with Gasteiger partial charge in [0.05, 0.1) is 15.1 Å². The fourth-order valence-electron chi connectivity index (χ4n) is 4.39. The molecule has 1 aromatic carbocycles. The molecule has 0 bridgehead atoms. The average Bonchev–Trinajstić information content (AvgIpc) is 3.50. The van der Waals surface area contributed by atoms with Crippen LogP contribution in [0.1, 0.15) is 38.5 Å². The lowest BCUT2D eigenvalue weighted by Gasteiger charge is -2.37. The molecule has 0 radical (unpaired) electrons. The van der Waals surface area contributed by atoms with Crippen molar-refractivity contribution >= 4 is 36.7 Å². The second-order valence-electron chi connectivity index (χ2n) is 8.88. The molecule has 2 aromatic heterocycles. The number of hydrogen-bond donors (Lipinski definition) is 1. The Morgan fingerprint density at radius 1 is 1.21 bits per heavy atom. The Bertz CT molecular complexity index is 1140. The van der Waals surface area contributed by atoms with Gasteiger partial charge in [0, 0.05) is 40.4 Å². The highest BCUT2D eigenvalue weighted by atomic mass is 32.2. The first-order valence-electron chi connectivity index (χ1n) is 11.3. The van der Waals surface area contributed by atoms with Crippen LogP contribution in [0.4, 0.5) is 5.13 Å². The predicted molar refractivity (Wildman–Crippen MR) is 130 cm³/mol. The van der Waals surface area contributed by atoms with Gasteiger partial charge in [-0.05, 0) is 42.9 Å². The minimum absolute atomic E-state index is 0.0173.